The molecule has 0 saturated heterocycles. The SMILES string of the molecule is COC(=O)/C(C)=N\OC(C)(C)[C@@H]1CC=C(C)CC1. The van der Waals surface area contributed by atoms with E-state index in [0.717, 1.165) is 19.3 Å². The van der Waals surface area contributed by atoms with Gasteiger partial charge in [-0.15, -0.1) is 0 Å². The second-order valence-corrected chi connectivity index (χ2v) is 5.38. The van der Waals surface area contributed by atoms with E-state index < -0.39 is 5.97 Å². The molecule has 0 N–H and O–H groups in total. The number of allylic oxidation sites excluding steroid dienone is 2. The van der Waals surface area contributed by atoms with Crippen molar-refractivity contribution in [1.82, 2.24) is 0 Å². The molecule has 0 amide bonds. The molecule has 0 aromatic heterocycles. The second-order valence-electron chi connectivity index (χ2n) is 5.38. The topological polar surface area (TPSA) is 47.9 Å². The average Bonchev–Trinajstić information content (AvgIpc) is 2.35. The van der Waals surface area contributed by atoms with Gasteiger partial charge in [-0.2, -0.15) is 0 Å². The fourth-order valence-corrected chi connectivity index (χ4v) is 2.04. The molecule has 0 radical (unpaired) electrons. The van der Waals surface area contributed by atoms with E-state index in [-0.39, 0.29) is 11.3 Å². The van der Waals surface area contributed by atoms with Gasteiger partial charge in [0.1, 0.15) is 5.60 Å². The van der Waals surface area contributed by atoms with Crippen LogP contribution in [-0.2, 0) is 14.4 Å². The fraction of sp³-hybridized carbons (Fsp3) is 0.714. The summed E-state index contributed by atoms with van der Waals surface area (Å²) in [5, 5.41) is 3.88. The summed E-state index contributed by atoms with van der Waals surface area (Å²) in [6.07, 6.45) is 5.47. The Labute approximate surface area is 109 Å². The van der Waals surface area contributed by atoms with Crippen LogP contribution in [0.1, 0.15) is 47.0 Å². The molecule has 1 rings (SSSR count). The minimum atomic E-state index is -0.454. The molecule has 4 heteroatoms. The highest BCUT2D eigenvalue weighted by atomic mass is 16.7. The molecule has 1 aliphatic rings. The van der Waals surface area contributed by atoms with E-state index in [4.69, 9.17) is 4.84 Å². The van der Waals surface area contributed by atoms with Gasteiger partial charge in [0.05, 0.1) is 7.11 Å². The van der Waals surface area contributed by atoms with Crippen LogP contribution < -0.4 is 0 Å². The van der Waals surface area contributed by atoms with E-state index in [2.05, 4.69) is 22.9 Å². The number of ether oxygens (including phenoxy) is 1. The Morgan fingerprint density at radius 1 is 1.50 bits per heavy atom. The first kappa shape index (κ1) is 14.7. The van der Waals surface area contributed by atoms with Crippen LogP contribution in [0.15, 0.2) is 16.8 Å². The van der Waals surface area contributed by atoms with Gasteiger partial charge in [0, 0.05) is 5.92 Å². The summed E-state index contributed by atoms with van der Waals surface area (Å²) in [5.41, 5.74) is 1.32. The Balaban J connectivity index is 2.62. The van der Waals surface area contributed by atoms with E-state index in [1.807, 2.05) is 13.8 Å². The molecule has 0 fully saturated rings. The minimum absolute atomic E-state index is 0.244. The van der Waals surface area contributed by atoms with Crippen LogP contribution in [0.25, 0.3) is 0 Å². The molecule has 18 heavy (non-hydrogen) atoms. The van der Waals surface area contributed by atoms with Crippen molar-refractivity contribution in [2.45, 2.75) is 52.6 Å². The highest BCUT2D eigenvalue weighted by molar-refractivity contribution is 6.35. The quantitative estimate of drug-likeness (QED) is 0.335. The van der Waals surface area contributed by atoms with Crippen molar-refractivity contribution in [2.75, 3.05) is 7.11 Å². The lowest BCUT2D eigenvalue weighted by atomic mass is 9.80. The van der Waals surface area contributed by atoms with Gasteiger partial charge in [0.15, 0.2) is 5.71 Å². The minimum Gasteiger partial charge on any atom is -0.464 e. The molecule has 4 nitrogen and oxygen atoms in total. The zero-order valence-electron chi connectivity index (χ0n) is 11.9. The summed E-state index contributed by atoms with van der Waals surface area (Å²) in [7, 11) is 1.33. The van der Waals surface area contributed by atoms with Crippen LogP contribution in [0.4, 0.5) is 0 Å². The van der Waals surface area contributed by atoms with E-state index >= 15 is 0 Å². The van der Waals surface area contributed by atoms with Crippen molar-refractivity contribution in [1.29, 1.82) is 0 Å². The van der Waals surface area contributed by atoms with E-state index in [9.17, 15) is 4.79 Å². The number of hydrogen-bond donors (Lipinski definition) is 0. The summed E-state index contributed by atoms with van der Waals surface area (Å²) in [6.45, 7) is 7.77. The number of carbonyl (C=O) groups excluding carboxylic acids is 1. The maximum Gasteiger partial charge on any atom is 0.355 e. The molecule has 0 aromatic rings. The number of nitrogens with zero attached hydrogens (tertiary/aromatic N) is 1. The fourth-order valence-electron chi connectivity index (χ4n) is 2.04. The highest BCUT2D eigenvalue weighted by Crippen LogP contribution is 2.34. The van der Waals surface area contributed by atoms with E-state index in [1.165, 1.54) is 12.7 Å². The lowest BCUT2D eigenvalue weighted by Gasteiger charge is -2.33. The maximum absolute atomic E-state index is 11.2. The molecule has 102 valence electrons. The van der Waals surface area contributed by atoms with Crippen molar-refractivity contribution in [3.8, 4) is 0 Å². The molecule has 0 spiro atoms. The molecule has 0 aliphatic heterocycles. The van der Waals surface area contributed by atoms with Crippen LogP contribution in [0.2, 0.25) is 0 Å². The smallest absolute Gasteiger partial charge is 0.355 e. The standard InChI is InChI=1S/C14H23NO3/c1-10-6-8-12(9-7-10)14(3,4)18-15-11(2)13(16)17-5/h6,12H,7-9H2,1-5H3/b15-11-/t12-/m1/s1. The lowest BCUT2D eigenvalue weighted by molar-refractivity contribution is -0.133. The molecule has 0 heterocycles. The summed E-state index contributed by atoms with van der Waals surface area (Å²) in [6, 6.07) is 0. The Morgan fingerprint density at radius 3 is 2.67 bits per heavy atom. The second kappa shape index (κ2) is 6.03. The molecule has 0 saturated carbocycles. The van der Waals surface area contributed by atoms with E-state index in [0.29, 0.717) is 5.92 Å². The number of carbonyl (C=O) groups is 1. The van der Waals surface area contributed by atoms with Gasteiger partial charge in [0.25, 0.3) is 0 Å². The Hall–Kier alpha value is -1.32. The number of methoxy groups -OCH3 is 1. The predicted octanol–water partition coefficient (Wildman–Crippen LogP) is 3.08. The molecule has 0 aromatic carbocycles. The number of esters is 1. The van der Waals surface area contributed by atoms with Crippen molar-refractivity contribution in [2.24, 2.45) is 11.1 Å². The Kier molecular flexibility index (Phi) is 4.93. The summed E-state index contributed by atoms with van der Waals surface area (Å²) >= 11 is 0. The molecule has 1 aliphatic carbocycles. The van der Waals surface area contributed by atoms with Crippen molar-refractivity contribution >= 4 is 11.7 Å². The third-order valence-electron chi connectivity index (χ3n) is 3.52. The summed E-state index contributed by atoms with van der Waals surface area (Å²) in [5.74, 6) is -0.0272. The van der Waals surface area contributed by atoms with Gasteiger partial charge in [-0.05, 0) is 47.0 Å². The van der Waals surface area contributed by atoms with Crippen molar-refractivity contribution in [3.63, 3.8) is 0 Å². The average molecular weight is 253 g/mol. The normalized spacial score (nSPS) is 21.3. The van der Waals surface area contributed by atoms with Crippen LogP contribution in [0, 0.1) is 5.92 Å². The van der Waals surface area contributed by atoms with Crippen LogP contribution in [0.5, 0.6) is 0 Å². The largest absolute Gasteiger partial charge is 0.464 e. The Morgan fingerprint density at radius 2 is 2.17 bits per heavy atom. The number of rotatable bonds is 4. The van der Waals surface area contributed by atoms with Gasteiger partial charge in [0.2, 0.25) is 0 Å². The van der Waals surface area contributed by atoms with Gasteiger partial charge in [-0.25, -0.2) is 4.79 Å². The van der Waals surface area contributed by atoms with Crippen molar-refractivity contribution in [3.05, 3.63) is 11.6 Å². The number of oxime groups is 1. The van der Waals surface area contributed by atoms with E-state index in [1.54, 1.807) is 6.92 Å². The van der Waals surface area contributed by atoms with Crippen LogP contribution in [-0.4, -0.2) is 24.4 Å². The predicted molar refractivity (Wildman–Crippen MR) is 71.4 cm³/mol. The van der Waals surface area contributed by atoms with Gasteiger partial charge < -0.3 is 9.57 Å². The third kappa shape index (κ3) is 3.86. The first-order valence-corrected chi connectivity index (χ1v) is 6.33. The number of hydrogen-bond acceptors (Lipinski definition) is 4. The van der Waals surface area contributed by atoms with Crippen LogP contribution >= 0.6 is 0 Å². The van der Waals surface area contributed by atoms with Gasteiger partial charge >= 0.3 is 5.97 Å². The molecule has 1 atom stereocenters. The van der Waals surface area contributed by atoms with Gasteiger partial charge in [-0.1, -0.05) is 16.8 Å². The molecular formula is C14H23NO3. The first-order valence-electron chi connectivity index (χ1n) is 6.33. The zero-order valence-corrected chi connectivity index (χ0v) is 11.9. The summed E-state index contributed by atoms with van der Waals surface area (Å²) in [4.78, 5) is 16.8. The highest BCUT2D eigenvalue weighted by Gasteiger charge is 2.32. The van der Waals surface area contributed by atoms with Crippen LogP contribution in [0.3, 0.4) is 0 Å². The Bertz CT molecular complexity index is 369. The third-order valence-corrected chi connectivity index (χ3v) is 3.52. The molecule has 0 unspecified atom stereocenters. The first-order chi connectivity index (χ1) is 8.36. The monoisotopic (exact) mass is 253 g/mol. The van der Waals surface area contributed by atoms with Crippen molar-refractivity contribution < 1.29 is 14.4 Å². The molecular weight excluding hydrogens is 230 g/mol. The zero-order chi connectivity index (χ0) is 13.8. The summed E-state index contributed by atoms with van der Waals surface area (Å²) < 4.78 is 4.58. The molecule has 0 bridgehead atoms. The lowest BCUT2D eigenvalue weighted by Crippen LogP contribution is -2.34. The maximum atomic E-state index is 11.2. The van der Waals surface area contributed by atoms with Gasteiger partial charge in [-0.3, -0.25) is 0 Å².